The third-order valence-corrected chi connectivity index (χ3v) is 4.46. The van der Waals surface area contributed by atoms with Crippen molar-refractivity contribution in [1.29, 1.82) is 0 Å². The normalized spacial score (nSPS) is 10.4. The van der Waals surface area contributed by atoms with Gasteiger partial charge in [-0.25, -0.2) is 0 Å². The molecule has 2 amide bonds. The third-order valence-electron chi connectivity index (χ3n) is 3.65. The predicted molar refractivity (Wildman–Crippen MR) is 106 cm³/mol. The number of halogens is 2. The number of hydrogen-bond donors (Lipinski definition) is 2. The first kappa shape index (κ1) is 20.2. The molecule has 0 fully saturated rings. The maximum atomic E-state index is 12.0. The first-order valence-electron chi connectivity index (χ1n) is 8.14. The average Bonchev–Trinajstić information content (AvgIpc) is 2.62. The lowest BCUT2D eigenvalue weighted by Crippen LogP contribution is -2.26. The smallest absolute Gasteiger partial charge is 0.251 e. The Labute approximate surface area is 164 Å². The van der Waals surface area contributed by atoms with Gasteiger partial charge in [-0.1, -0.05) is 11.6 Å². The summed E-state index contributed by atoms with van der Waals surface area (Å²) in [6.07, 6.45) is 3.93. The molecule has 2 rings (SSSR count). The van der Waals surface area contributed by atoms with Crippen LogP contribution in [0, 0.1) is 0 Å². The Morgan fingerprint density at radius 2 is 1.88 bits per heavy atom. The van der Waals surface area contributed by atoms with Gasteiger partial charge in [0.25, 0.3) is 5.91 Å². The number of aromatic nitrogens is 1. The van der Waals surface area contributed by atoms with Crippen molar-refractivity contribution >= 4 is 45.0 Å². The summed E-state index contributed by atoms with van der Waals surface area (Å²) in [6, 6.07) is 6.56. The number of carbonyl (C=O) groups excluding carboxylic acids is 2. The minimum atomic E-state index is -0.274. The molecule has 0 aliphatic rings. The molecule has 0 atom stereocenters. The van der Waals surface area contributed by atoms with E-state index >= 15 is 0 Å². The summed E-state index contributed by atoms with van der Waals surface area (Å²) in [5.74, 6) is -0.497. The van der Waals surface area contributed by atoms with Gasteiger partial charge in [0.15, 0.2) is 0 Å². The molecule has 2 aromatic rings. The summed E-state index contributed by atoms with van der Waals surface area (Å²) in [7, 11) is 0. The van der Waals surface area contributed by atoms with Crippen LogP contribution in [-0.4, -0.2) is 22.9 Å². The van der Waals surface area contributed by atoms with Crippen molar-refractivity contribution in [3.05, 3.63) is 61.9 Å². The van der Waals surface area contributed by atoms with E-state index in [0.717, 1.165) is 0 Å². The minimum Gasteiger partial charge on any atom is -0.352 e. The third kappa shape index (κ3) is 5.71. The molecule has 1 aromatic carbocycles. The van der Waals surface area contributed by atoms with Crippen LogP contribution in [0.25, 0.3) is 0 Å². The molecule has 138 valence electrons. The van der Waals surface area contributed by atoms with E-state index in [1.165, 1.54) is 0 Å². The molecule has 1 heterocycles. The van der Waals surface area contributed by atoms with Crippen LogP contribution in [0.5, 0.6) is 0 Å². The number of carbonyl (C=O) groups is 2. The quantitative estimate of drug-likeness (QED) is 0.647. The van der Waals surface area contributed by atoms with E-state index in [1.807, 2.05) is 6.92 Å². The molecule has 0 unspecified atom stereocenters. The fourth-order valence-electron chi connectivity index (χ4n) is 2.23. The lowest BCUT2D eigenvalue weighted by Gasteiger charge is -2.09. The van der Waals surface area contributed by atoms with Crippen LogP contribution in [0.2, 0.25) is 5.02 Å². The fraction of sp³-hybridized carbons (Fsp3) is 0.278. The number of nitrogens with zero attached hydrogens (tertiary/aromatic N) is 1. The van der Waals surface area contributed by atoms with Gasteiger partial charge < -0.3 is 15.2 Å². The second kappa shape index (κ2) is 9.54. The Morgan fingerprint density at radius 3 is 2.54 bits per heavy atom. The van der Waals surface area contributed by atoms with E-state index in [-0.39, 0.29) is 29.4 Å². The van der Waals surface area contributed by atoms with Crippen LogP contribution < -0.4 is 16.1 Å². The van der Waals surface area contributed by atoms with Gasteiger partial charge in [-0.3, -0.25) is 14.4 Å². The van der Waals surface area contributed by atoms with E-state index in [1.54, 1.807) is 41.2 Å². The highest BCUT2D eigenvalue weighted by Crippen LogP contribution is 2.10. The molecule has 0 aliphatic carbocycles. The molecule has 1 aromatic heterocycles. The number of hydrogen-bond acceptors (Lipinski definition) is 3. The zero-order valence-corrected chi connectivity index (χ0v) is 16.6. The predicted octanol–water partition coefficient (Wildman–Crippen LogP) is 3.43. The molecular formula is C18H19BrClN3O3. The highest BCUT2D eigenvalue weighted by Gasteiger charge is 2.10. The van der Waals surface area contributed by atoms with E-state index in [2.05, 4.69) is 26.6 Å². The SMILES string of the molecule is CCn1cc(Br)c(=O)c(NC(=O)CCCNC(=O)c2ccc(Cl)cc2)c1. The number of nitrogens with one attached hydrogen (secondary N) is 2. The Bertz CT molecular complexity index is 850. The summed E-state index contributed by atoms with van der Waals surface area (Å²) >= 11 is 8.98. The molecule has 6 nitrogen and oxygen atoms in total. The minimum absolute atomic E-state index is 0.193. The molecule has 0 saturated carbocycles. The number of rotatable bonds is 7. The van der Waals surface area contributed by atoms with Crippen molar-refractivity contribution in [2.24, 2.45) is 0 Å². The lowest BCUT2D eigenvalue weighted by molar-refractivity contribution is -0.116. The summed E-state index contributed by atoms with van der Waals surface area (Å²) < 4.78 is 2.19. The molecule has 0 spiro atoms. The average molecular weight is 441 g/mol. The summed E-state index contributed by atoms with van der Waals surface area (Å²) in [5, 5.41) is 5.93. The molecule has 2 N–H and O–H groups in total. The second-order valence-corrected chi connectivity index (χ2v) is 6.88. The van der Waals surface area contributed by atoms with Crippen LogP contribution in [0.15, 0.2) is 45.9 Å². The van der Waals surface area contributed by atoms with Crippen LogP contribution >= 0.6 is 27.5 Å². The highest BCUT2D eigenvalue weighted by molar-refractivity contribution is 9.10. The van der Waals surface area contributed by atoms with Gasteiger partial charge >= 0.3 is 0 Å². The van der Waals surface area contributed by atoms with Crippen molar-refractivity contribution in [2.45, 2.75) is 26.3 Å². The van der Waals surface area contributed by atoms with Crippen molar-refractivity contribution in [1.82, 2.24) is 9.88 Å². The van der Waals surface area contributed by atoms with E-state index < -0.39 is 0 Å². The Kier molecular flexibility index (Phi) is 7.41. The van der Waals surface area contributed by atoms with E-state index in [0.29, 0.717) is 34.6 Å². The molecule has 0 bridgehead atoms. The topological polar surface area (TPSA) is 80.2 Å². The van der Waals surface area contributed by atoms with Gasteiger partial charge in [-0.15, -0.1) is 0 Å². The molecule has 0 saturated heterocycles. The van der Waals surface area contributed by atoms with Crippen molar-refractivity contribution in [3.8, 4) is 0 Å². The maximum absolute atomic E-state index is 12.0. The number of benzene rings is 1. The monoisotopic (exact) mass is 439 g/mol. The number of anilines is 1. The zero-order valence-electron chi connectivity index (χ0n) is 14.2. The fourth-order valence-corrected chi connectivity index (χ4v) is 2.84. The van der Waals surface area contributed by atoms with Crippen LogP contribution in [0.3, 0.4) is 0 Å². The van der Waals surface area contributed by atoms with Gasteiger partial charge in [-0.05, 0) is 53.5 Å². The van der Waals surface area contributed by atoms with Gasteiger partial charge in [0.2, 0.25) is 11.3 Å². The molecule has 8 heteroatoms. The van der Waals surface area contributed by atoms with Crippen molar-refractivity contribution in [3.63, 3.8) is 0 Å². The van der Waals surface area contributed by atoms with Crippen molar-refractivity contribution in [2.75, 3.05) is 11.9 Å². The maximum Gasteiger partial charge on any atom is 0.251 e. The summed E-state index contributed by atoms with van der Waals surface area (Å²) in [5.41, 5.74) is 0.476. The van der Waals surface area contributed by atoms with Crippen molar-refractivity contribution < 1.29 is 9.59 Å². The molecule has 0 radical (unpaired) electrons. The van der Waals surface area contributed by atoms with Gasteiger partial charge in [0.05, 0.1) is 4.47 Å². The molecular weight excluding hydrogens is 422 g/mol. The van der Waals surface area contributed by atoms with Crippen LogP contribution in [0.1, 0.15) is 30.1 Å². The first-order valence-corrected chi connectivity index (χ1v) is 9.31. The Hall–Kier alpha value is -2.12. The number of pyridine rings is 1. The highest BCUT2D eigenvalue weighted by atomic mass is 79.9. The first-order chi connectivity index (χ1) is 12.4. The Morgan fingerprint density at radius 1 is 1.19 bits per heavy atom. The Balaban J connectivity index is 1.81. The second-order valence-electron chi connectivity index (χ2n) is 5.59. The number of aryl methyl sites for hydroxylation is 1. The molecule has 26 heavy (non-hydrogen) atoms. The zero-order chi connectivity index (χ0) is 19.1. The van der Waals surface area contributed by atoms with Gasteiger partial charge in [0.1, 0.15) is 5.69 Å². The van der Waals surface area contributed by atoms with Crippen LogP contribution in [-0.2, 0) is 11.3 Å². The number of amides is 2. The van der Waals surface area contributed by atoms with Gasteiger partial charge in [-0.2, -0.15) is 0 Å². The largest absolute Gasteiger partial charge is 0.352 e. The summed E-state index contributed by atoms with van der Waals surface area (Å²) in [4.78, 5) is 36.0. The van der Waals surface area contributed by atoms with Crippen LogP contribution in [0.4, 0.5) is 5.69 Å². The van der Waals surface area contributed by atoms with E-state index in [9.17, 15) is 14.4 Å². The van der Waals surface area contributed by atoms with E-state index in [4.69, 9.17) is 11.6 Å². The lowest BCUT2D eigenvalue weighted by atomic mass is 10.2. The summed E-state index contributed by atoms with van der Waals surface area (Å²) in [6.45, 7) is 2.97. The van der Waals surface area contributed by atoms with Gasteiger partial charge in [0, 0.05) is 42.5 Å². The standard InChI is InChI=1S/C18H19BrClN3O3/c1-2-23-10-14(19)17(25)15(11-23)22-16(24)4-3-9-21-18(26)12-5-7-13(20)8-6-12/h5-8,10-11H,2-4,9H2,1H3,(H,21,26)(H,22,24). The molecule has 0 aliphatic heterocycles.